The molecule has 3 aliphatic rings. The van der Waals surface area contributed by atoms with Crippen LogP contribution < -0.4 is 5.73 Å². The van der Waals surface area contributed by atoms with Crippen LogP contribution in [0.4, 0.5) is 0 Å². The highest BCUT2D eigenvalue weighted by atomic mass is 32.2. The van der Waals surface area contributed by atoms with Crippen LogP contribution in [-0.4, -0.2) is 49.9 Å². The number of esters is 1. The second-order valence-corrected chi connectivity index (χ2v) is 11.0. The molecule has 0 radical (unpaired) electrons. The number of carbonyl (C=O) groups is 1. The molecule has 2 heterocycles. The van der Waals surface area contributed by atoms with Crippen LogP contribution in [0, 0.1) is 11.8 Å². The van der Waals surface area contributed by atoms with E-state index in [-0.39, 0.29) is 12.5 Å². The summed E-state index contributed by atoms with van der Waals surface area (Å²) in [4.78, 5) is 17.3. The third-order valence-corrected chi connectivity index (χ3v) is 7.18. The molecule has 0 aromatic heterocycles. The van der Waals surface area contributed by atoms with Crippen molar-refractivity contribution in [2.75, 3.05) is 19.9 Å². The zero-order valence-electron chi connectivity index (χ0n) is 18.1. The van der Waals surface area contributed by atoms with Crippen molar-refractivity contribution in [1.29, 1.82) is 0 Å². The number of hydrogen-bond acceptors (Lipinski definition) is 6. The summed E-state index contributed by atoms with van der Waals surface area (Å²) in [5, 5.41) is 0. The largest absolute Gasteiger partial charge is 0.464 e. The van der Waals surface area contributed by atoms with E-state index in [1.165, 1.54) is 16.9 Å². The van der Waals surface area contributed by atoms with Crippen molar-refractivity contribution in [3.05, 3.63) is 35.7 Å². The van der Waals surface area contributed by atoms with Gasteiger partial charge >= 0.3 is 5.97 Å². The molecule has 30 heavy (non-hydrogen) atoms. The number of fused-ring (bicyclic) bond motifs is 4. The Labute approximate surface area is 179 Å². The Morgan fingerprint density at radius 1 is 1.27 bits per heavy atom. The normalized spacial score (nSPS) is 30.8. The molecule has 1 fully saturated rings. The van der Waals surface area contributed by atoms with Gasteiger partial charge in [0.25, 0.3) is 0 Å². The van der Waals surface area contributed by atoms with Gasteiger partial charge < -0.3 is 10.5 Å². The highest BCUT2D eigenvalue weighted by molar-refractivity contribution is 7.88. The van der Waals surface area contributed by atoms with Gasteiger partial charge in [-0.25, -0.2) is 13.4 Å². The Morgan fingerprint density at radius 2 is 2.03 bits per heavy atom. The van der Waals surface area contributed by atoms with Crippen molar-refractivity contribution in [2.24, 2.45) is 22.6 Å². The van der Waals surface area contributed by atoms with Gasteiger partial charge in [-0.15, -0.1) is 0 Å². The fourth-order valence-corrected chi connectivity index (χ4v) is 4.65. The molecule has 2 N–H and O–H groups in total. The number of allylic oxidation sites excluding steroid dienone is 3. The van der Waals surface area contributed by atoms with Crippen LogP contribution >= 0.6 is 0 Å². The molecule has 0 saturated carbocycles. The summed E-state index contributed by atoms with van der Waals surface area (Å²) in [5.41, 5.74) is 7.37. The van der Waals surface area contributed by atoms with E-state index in [1.807, 2.05) is 0 Å². The SMILES string of the molecule is CN(C1=CC2COC(=O)C(C)(N)CC3=CC=CC(CCCCC(=N1)C2)C3)S(C)(=O)=O. The molecule has 166 valence electrons. The van der Waals surface area contributed by atoms with Gasteiger partial charge in [0.05, 0.1) is 12.9 Å². The highest BCUT2D eigenvalue weighted by Crippen LogP contribution is 2.30. The minimum absolute atomic E-state index is 0.123. The first kappa shape index (κ1) is 22.7. The van der Waals surface area contributed by atoms with Crippen molar-refractivity contribution in [3.63, 3.8) is 0 Å². The molecule has 0 spiro atoms. The summed E-state index contributed by atoms with van der Waals surface area (Å²) < 4.78 is 30.8. The van der Waals surface area contributed by atoms with Crippen molar-refractivity contribution in [2.45, 2.75) is 57.4 Å². The number of hydrogen-bond donors (Lipinski definition) is 1. The Kier molecular flexibility index (Phi) is 6.87. The molecule has 4 bridgehead atoms. The first-order valence-electron chi connectivity index (χ1n) is 10.6. The summed E-state index contributed by atoms with van der Waals surface area (Å²) in [6.45, 7) is 1.88. The Morgan fingerprint density at radius 3 is 2.77 bits per heavy atom. The lowest BCUT2D eigenvalue weighted by molar-refractivity contribution is -0.150. The zero-order chi connectivity index (χ0) is 21.9. The van der Waals surface area contributed by atoms with Crippen molar-refractivity contribution >= 4 is 21.7 Å². The van der Waals surface area contributed by atoms with Gasteiger partial charge in [0, 0.05) is 18.7 Å². The maximum absolute atomic E-state index is 12.7. The van der Waals surface area contributed by atoms with E-state index in [2.05, 4.69) is 23.2 Å². The van der Waals surface area contributed by atoms with Crippen molar-refractivity contribution in [3.8, 4) is 0 Å². The molecule has 1 saturated heterocycles. The fraction of sp³-hybridized carbons (Fsp3) is 0.636. The number of cyclic esters (lactones) is 1. The standard InChI is InChI=1S/C22H33N3O4S/c1-22(23)14-17-9-6-8-16(11-17)7-4-5-10-19-12-18(15-29-21(22)26)13-20(24-19)25(2)30(3,27)28/h6,8-9,13,16,18H,4-5,7,10-12,14-15,23H2,1-3H3. The zero-order valence-corrected chi connectivity index (χ0v) is 19.0. The smallest absolute Gasteiger partial charge is 0.326 e. The molecule has 7 nitrogen and oxygen atoms in total. The molecule has 8 heteroatoms. The monoisotopic (exact) mass is 435 g/mol. The van der Waals surface area contributed by atoms with Gasteiger partial charge in [0.15, 0.2) is 0 Å². The van der Waals surface area contributed by atoms with E-state index in [9.17, 15) is 13.2 Å². The van der Waals surface area contributed by atoms with Crippen LogP contribution in [0.2, 0.25) is 0 Å². The molecule has 2 aliphatic heterocycles. The Hall–Kier alpha value is -1.93. The maximum Gasteiger partial charge on any atom is 0.326 e. The summed E-state index contributed by atoms with van der Waals surface area (Å²) in [6, 6.07) is 0. The van der Waals surface area contributed by atoms with E-state index < -0.39 is 21.5 Å². The van der Waals surface area contributed by atoms with Crippen LogP contribution in [0.1, 0.15) is 51.9 Å². The molecule has 3 rings (SSSR count). The second-order valence-electron chi connectivity index (χ2n) is 9.01. The topological polar surface area (TPSA) is 102 Å². The summed E-state index contributed by atoms with van der Waals surface area (Å²) >= 11 is 0. The summed E-state index contributed by atoms with van der Waals surface area (Å²) in [5.74, 6) is 0.292. The molecule has 0 aromatic carbocycles. The quantitative estimate of drug-likeness (QED) is 0.672. The van der Waals surface area contributed by atoms with E-state index in [0.29, 0.717) is 24.6 Å². The van der Waals surface area contributed by atoms with E-state index in [0.717, 1.165) is 44.1 Å². The fourth-order valence-electron chi connectivity index (χ4n) is 4.21. The third-order valence-electron chi connectivity index (χ3n) is 5.99. The second kappa shape index (κ2) is 9.06. The lowest BCUT2D eigenvalue weighted by Gasteiger charge is -2.28. The van der Waals surface area contributed by atoms with Crippen LogP contribution in [0.25, 0.3) is 0 Å². The van der Waals surface area contributed by atoms with Gasteiger partial charge in [0.1, 0.15) is 11.4 Å². The first-order valence-corrected chi connectivity index (χ1v) is 12.4. The Bertz CT molecular complexity index is 899. The van der Waals surface area contributed by atoms with Crippen molar-refractivity contribution < 1.29 is 17.9 Å². The number of nitrogens with two attached hydrogens (primary N) is 1. The van der Waals surface area contributed by atoms with Crippen molar-refractivity contribution in [1.82, 2.24) is 4.31 Å². The van der Waals surface area contributed by atoms with Crippen LogP contribution in [0.5, 0.6) is 0 Å². The molecule has 3 atom stereocenters. The van der Waals surface area contributed by atoms with E-state index in [1.54, 1.807) is 13.0 Å². The minimum atomic E-state index is -3.42. The van der Waals surface area contributed by atoms with Gasteiger partial charge in [-0.2, -0.15) is 0 Å². The lowest BCUT2D eigenvalue weighted by Crippen LogP contribution is -2.47. The molecule has 1 aliphatic carbocycles. The number of sulfonamides is 1. The van der Waals surface area contributed by atoms with Crippen LogP contribution in [-0.2, 0) is 19.6 Å². The predicted octanol–water partition coefficient (Wildman–Crippen LogP) is 2.91. The molecule has 0 aromatic rings. The average Bonchev–Trinajstić information content (AvgIpc) is 2.67. The lowest BCUT2D eigenvalue weighted by atomic mass is 9.84. The first-order chi connectivity index (χ1) is 14.0. The molecular formula is C22H33N3O4S. The highest BCUT2D eigenvalue weighted by Gasteiger charge is 2.33. The van der Waals surface area contributed by atoms with Gasteiger partial charge in [-0.3, -0.25) is 9.10 Å². The molecule has 0 amide bonds. The van der Waals surface area contributed by atoms with Crippen LogP contribution in [0.3, 0.4) is 0 Å². The Balaban J connectivity index is 1.83. The number of ether oxygens (including phenoxy) is 1. The molecule has 3 unspecified atom stereocenters. The third kappa shape index (κ3) is 5.82. The maximum atomic E-state index is 12.7. The van der Waals surface area contributed by atoms with E-state index in [4.69, 9.17) is 10.5 Å². The average molecular weight is 436 g/mol. The van der Waals surface area contributed by atoms with Gasteiger partial charge in [-0.05, 0) is 57.4 Å². The van der Waals surface area contributed by atoms with Gasteiger partial charge in [-0.1, -0.05) is 30.2 Å². The summed E-state index contributed by atoms with van der Waals surface area (Å²) in [7, 11) is -1.93. The summed E-state index contributed by atoms with van der Waals surface area (Å²) in [6.07, 6.45) is 15.3. The number of nitrogens with zero attached hydrogens (tertiary/aromatic N) is 2. The number of aliphatic imine (C=N–C) groups is 1. The van der Waals surface area contributed by atoms with E-state index >= 15 is 0 Å². The number of carbonyl (C=O) groups excluding carboxylic acids is 1. The molecular weight excluding hydrogens is 402 g/mol. The predicted molar refractivity (Wildman–Crippen MR) is 118 cm³/mol. The number of rotatable bonds is 2. The van der Waals surface area contributed by atoms with Crippen LogP contribution in [0.15, 0.2) is 40.7 Å². The minimum Gasteiger partial charge on any atom is -0.464 e. The van der Waals surface area contributed by atoms with Gasteiger partial charge in [0.2, 0.25) is 10.0 Å².